The first-order valence-electron chi connectivity index (χ1n) is 7.39. The number of imidazole rings is 1. The van der Waals surface area contributed by atoms with Crippen LogP contribution in [-0.4, -0.2) is 37.6 Å². The molecule has 7 nitrogen and oxygen atoms in total. The van der Waals surface area contributed by atoms with E-state index in [2.05, 4.69) is 20.3 Å². The summed E-state index contributed by atoms with van der Waals surface area (Å²) in [6, 6.07) is 9.05. The molecule has 1 aromatic carbocycles. The van der Waals surface area contributed by atoms with Gasteiger partial charge < -0.3 is 14.6 Å². The lowest BCUT2D eigenvalue weighted by Crippen LogP contribution is -2.16. The van der Waals surface area contributed by atoms with Crippen LogP contribution in [0.3, 0.4) is 0 Å². The number of carbonyl (C=O) groups is 1. The summed E-state index contributed by atoms with van der Waals surface area (Å²) >= 11 is 5.58. The molecule has 1 unspecified atom stereocenters. The highest BCUT2D eigenvalue weighted by atomic mass is 35.5. The molecule has 124 valence electrons. The van der Waals surface area contributed by atoms with Gasteiger partial charge in [-0.3, -0.25) is 4.79 Å². The maximum atomic E-state index is 12.3. The number of amides is 1. The highest BCUT2D eigenvalue weighted by molar-refractivity contribution is 6.17. The summed E-state index contributed by atoms with van der Waals surface area (Å²) in [5, 5.41) is 2.77. The second-order valence-electron chi connectivity index (χ2n) is 5.20. The summed E-state index contributed by atoms with van der Waals surface area (Å²) < 4.78 is 7.16. The number of alkyl halides is 1. The molecule has 0 saturated carbocycles. The zero-order valence-corrected chi connectivity index (χ0v) is 13.8. The molecule has 3 aromatic rings. The Bertz CT molecular complexity index is 837. The van der Waals surface area contributed by atoms with Crippen LogP contribution in [0, 0.1) is 0 Å². The van der Waals surface area contributed by atoms with Gasteiger partial charge in [-0.05, 0) is 19.1 Å². The van der Waals surface area contributed by atoms with Gasteiger partial charge in [0.25, 0.3) is 5.91 Å². The highest BCUT2D eigenvalue weighted by Gasteiger charge is 2.14. The molecular formula is C16H16ClN5O2. The Morgan fingerprint density at radius 2 is 2.08 bits per heavy atom. The molecule has 0 aliphatic carbocycles. The van der Waals surface area contributed by atoms with E-state index in [9.17, 15) is 4.79 Å². The lowest BCUT2D eigenvalue weighted by atomic mass is 10.2. The maximum Gasteiger partial charge on any atom is 0.256 e. The first-order chi connectivity index (χ1) is 11.7. The topological polar surface area (TPSA) is 81.9 Å². The third-order valence-corrected chi connectivity index (χ3v) is 3.60. The van der Waals surface area contributed by atoms with Gasteiger partial charge in [0, 0.05) is 5.56 Å². The van der Waals surface area contributed by atoms with Gasteiger partial charge in [-0.2, -0.15) is 0 Å². The number of carbonyl (C=O) groups excluding carboxylic acids is 1. The van der Waals surface area contributed by atoms with Crippen LogP contribution >= 0.6 is 11.6 Å². The molecule has 0 saturated heterocycles. The first-order valence-corrected chi connectivity index (χ1v) is 7.92. The van der Waals surface area contributed by atoms with E-state index in [1.807, 2.05) is 17.6 Å². The first kappa shape index (κ1) is 16.4. The largest absolute Gasteiger partial charge is 0.361 e. The van der Waals surface area contributed by atoms with Crippen molar-refractivity contribution in [3.8, 4) is 0 Å². The van der Waals surface area contributed by atoms with E-state index in [1.54, 1.807) is 30.6 Å². The van der Waals surface area contributed by atoms with Crippen molar-refractivity contribution in [3.63, 3.8) is 0 Å². The van der Waals surface area contributed by atoms with Crippen LogP contribution in [0.15, 0.2) is 43.0 Å². The molecule has 8 heteroatoms. The number of fused-ring (bicyclic) bond motifs is 1. The van der Waals surface area contributed by atoms with Gasteiger partial charge in [0.05, 0.1) is 19.0 Å². The van der Waals surface area contributed by atoms with Gasteiger partial charge in [-0.1, -0.05) is 29.8 Å². The van der Waals surface area contributed by atoms with E-state index >= 15 is 0 Å². The third-order valence-electron chi connectivity index (χ3n) is 3.47. The SMILES string of the molecule is CC(Cn1cnc2c(NC(=O)c3ccccc3)ncnc21)OCCl. The Morgan fingerprint density at radius 3 is 2.83 bits per heavy atom. The number of rotatable bonds is 6. The Labute approximate surface area is 143 Å². The molecule has 2 aromatic heterocycles. The number of halogens is 1. The number of hydrogen-bond donors (Lipinski definition) is 1. The zero-order valence-electron chi connectivity index (χ0n) is 13.0. The molecule has 0 aliphatic rings. The van der Waals surface area contributed by atoms with E-state index in [0.29, 0.717) is 29.1 Å². The third kappa shape index (κ3) is 3.52. The number of benzene rings is 1. The normalized spacial score (nSPS) is 12.2. The number of nitrogens with zero attached hydrogens (tertiary/aromatic N) is 4. The van der Waals surface area contributed by atoms with Crippen molar-refractivity contribution in [2.75, 3.05) is 11.4 Å². The number of anilines is 1. The summed E-state index contributed by atoms with van der Waals surface area (Å²) in [7, 11) is 0. The van der Waals surface area contributed by atoms with Crippen LogP contribution in [-0.2, 0) is 11.3 Å². The number of hydrogen-bond acceptors (Lipinski definition) is 5. The average molecular weight is 346 g/mol. The molecule has 1 atom stereocenters. The molecule has 0 aliphatic heterocycles. The van der Waals surface area contributed by atoms with Gasteiger partial charge in [0.1, 0.15) is 12.4 Å². The van der Waals surface area contributed by atoms with Crippen molar-refractivity contribution < 1.29 is 9.53 Å². The summed E-state index contributed by atoms with van der Waals surface area (Å²) in [4.78, 5) is 25.0. The summed E-state index contributed by atoms with van der Waals surface area (Å²) in [5.41, 5.74) is 1.70. The summed E-state index contributed by atoms with van der Waals surface area (Å²) in [6.07, 6.45) is 2.96. The molecule has 0 spiro atoms. The molecule has 24 heavy (non-hydrogen) atoms. The molecule has 2 heterocycles. The van der Waals surface area contributed by atoms with Gasteiger partial charge in [-0.25, -0.2) is 15.0 Å². The molecule has 1 N–H and O–H groups in total. The predicted molar refractivity (Wildman–Crippen MR) is 91.0 cm³/mol. The standard InChI is InChI=1S/C16H16ClN5O2/c1-11(24-8-17)7-22-10-20-13-14(18-9-19-15(13)22)21-16(23)12-5-3-2-4-6-12/h2-6,9-11H,7-8H2,1H3,(H,18,19,21,23). The van der Waals surface area contributed by atoms with Crippen molar-refractivity contribution in [3.05, 3.63) is 48.5 Å². The number of aromatic nitrogens is 4. The fraction of sp³-hybridized carbons (Fsp3) is 0.250. The molecular weight excluding hydrogens is 330 g/mol. The van der Waals surface area contributed by atoms with Crippen molar-refractivity contribution in [1.82, 2.24) is 19.5 Å². The van der Waals surface area contributed by atoms with E-state index in [-0.39, 0.29) is 18.1 Å². The second-order valence-corrected chi connectivity index (χ2v) is 5.42. The van der Waals surface area contributed by atoms with E-state index in [4.69, 9.17) is 16.3 Å². The minimum absolute atomic E-state index is 0.0859. The highest BCUT2D eigenvalue weighted by Crippen LogP contribution is 2.18. The Morgan fingerprint density at radius 1 is 1.29 bits per heavy atom. The quantitative estimate of drug-likeness (QED) is 0.694. The lowest BCUT2D eigenvalue weighted by Gasteiger charge is -2.11. The van der Waals surface area contributed by atoms with Gasteiger partial charge >= 0.3 is 0 Å². The van der Waals surface area contributed by atoms with E-state index < -0.39 is 0 Å². The van der Waals surface area contributed by atoms with Crippen LogP contribution in [0.2, 0.25) is 0 Å². The van der Waals surface area contributed by atoms with Crippen molar-refractivity contribution in [2.24, 2.45) is 0 Å². The average Bonchev–Trinajstić information content (AvgIpc) is 3.00. The molecule has 0 radical (unpaired) electrons. The van der Waals surface area contributed by atoms with Gasteiger partial charge in [0.2, 0.25) is 0 Å². The number of ether oxygens (including phenoxy) is 1. The molecule has 3 rings (SSSR count). The van der Waals surface area contributed by atoms with Gasteiger partial charge in [0.15, 0.2) is 17.0 Å². The summed E-state index contributed by atoms with van der Waals surface area (Å²) in [5.74, 6) is 0.127. The smallest absolute Gasteiger partial charge is 0.256 e. The van der Waals surface area contributed by atoms with Crippen LogP contribution in [0.5, 0.6) is 0 Å². The maximum absolute atomic E-state index is 12.3. The predicted octanol–water partition coefficient (Wildman–Crippen LogP) is 2.68. The molecule has 0 fully saturated rings. The van der Waals surface area contributed by atoms with Crippen LogP contribution < -0.4 is 5.32 Å². The Kier molecular flexibility index (Phi) is 5.02. The minimum Gasteiger partial charge on any atom is -0.361 e. The minimum atomic E-state index is -0.246. The van der Waals surface area contributed by atoms with E-state index in [1.165, 1.54) is 6.33 Å². The molecule has 1 amide bonds. The second kappa shape index (κ2) is 7.37. The Hall–Kier alpha value is -2.51. The van der Waals surface area contributed by atoms with Crippen molar-refractivity contribution >= 4 is 34.5 Å². The monoisotopic (exact) mass is 345 g/mol. The lowest BCUT2D eigenvalue weighted by molar-refractivity contribution is 0.0887. The number of nitrogens with one attached hydrogen (secondary N) is 1. The zero-order chi connectivity index (χ0) is 16.9. The fourth-order valence-electron chi connectivity index (χ4n) is 2.31. The van der Waals surface area contributed by atoms with E-state index in [0.717, 1.165) is 0 Å². The van der Waals surface area contributed by atoms with Crippen molar-refractivity contribution in [1.29, 1.82) is 0 Å². The Balaban J connectivity index is 1.85. The van der Waals surface area contributed by atoms with Gasteiger partial charge in [-0.15, -0.1) is 0 Å². The molecule has 0 bridgehead atoms. The van der Waals surface area contributed by atoms with Crippen LogP contribution in [0.25, 0.3) is 11.2 Å². The van der Waals surface area contributed by atoms with Crippen LogP contribution in [0.4, 0.5) is 5.82 Å². The fourth-order valence-corrected chi connectivity index (χ4v) is 2.53. The van der Waals surface area contributed by atoms with Crippen LogP contribution in [0.1, 0.15) is 17.3 Å². The van der Waals surface area contributed by atoms with Crippen molar-refractivity contribution in [2.45, 2.75) is 19.6 Å². The summed E-state index contributed by atoms with van der Waals surface area (Å²) in [6.45, 7) is 2.46.